The van der Waals surface area contributed by atoms with Crippen molar-refractivity contribution < 1.29 is 4.79 Å². The first kappa shape index (κ1) is 13.2. The zero-order valence-electron chi connectivity index (χ0n) is 12.5. The van der Waals surface area contributed by atoms with Crippen LogP contribution in [0.4, 0.5) is 5.69 Å². The van der Waals surface area contributed by atoms with Gasteiger partial charge in [0.2, 0.25) is 5.91 Å². The highest BCUT2D eigenvalue weighted by atomic mass is 16.2. The second-order valence-corrected chi connectivity index (χ2v) is 6.22. The van der Waals surface area contributed by atoms with Crippen LogP contribution in [0.15, 0.2) is 42.1 Å². The van der Waals surface area contributed by atoms with Gasteiger partial charge in [0, 0.05) is 18.0 Å². The van der Waals surface area contributed by atoms with Gasteiger partial charge in [-0.3, -0.25) is 9.69 Å². The van der Waals surface area contributed by atoms with Crippen LogP contribution in [0.5, 0.6) is 0 Å². The first-order valence-corrected chi connectivity index (χ1v) is 7.22. The molecular formula is C18H21NO. The lowest BCUT2D eigenvalue weighted by Gasteiger charge is -2.29. The number of nitrogens with zero attached hydrogens (tertiary/aromatic N) is 1. The number of anilines is 1. The van der Waals surface area contributed by atoms with Gasteiger partial charge in [-0.05, 0) is 44.7 Å². The fourth-order valence-electron chi connectivity index (χ4n) is 3.84. The molecule has 0 unspecified atom stereocenters. The number of hydrogen-bond acceptors (Lipinski definition) is 1. The summed E-state index contributed by atoms with van der Waals surface area (Å²) in [5.41, 5.74) is 5.94. The van der Waals surface area contributed by atoms with Crippen LogP contribution in [0.25, 0.3) is 0 Å². The van der Waals surface area contributed by atoms with Crippen molar-refractivity contribution in [2.45, 2.75) is 45.4 Å². The third-order valence-corrected chi connectivity index (χ3v) is 4.47. The summed E-state index contributed by atoms with van der Waals surface area (Å²) in [6.07, 6.45) is 5.29. The van der Waals surface area contributed by atoms with Crippen LogP contribution in [0, 0.1) is 6.92 Å². The quantitative estimate of drug-likeness (QED) is 0.734. The summed E-state index contributed by atoms with van der Waals surface area (Å²) in [6, 6.07) is 6.43. The van der Waals surface area contributed by atoms with Crippen molar-refractivity contribution >= 4 is 11.6 Å². The Morgan fingerprint density at radius 2 is 2.15 bits per heavy atom. The van der Waals surface area contributed by atoms with Gasteiger partial charge in [0.15, 0.2) is 0 Å². The molecule has 1 aromatic carbocycles. The molecule has 0 N–H and O–H groups in total. The molecule has 1 atom stereocenters. The zero-order chi connectivity index (χ0) is 14.5. The van der Waals surface area contributed by atoms with Gasteiger partial charge in [0.25, 0.3) is 0 Å². The Bertz CT molecular complexity index is 641. The highest BCUT2D eigenvalue weighted by molar-refractivity contribution is 5.99. The van der Waals surface area contributed by atoms with Gasteiger partial charge in [0.1, 0.15) is 0 Å². The van der Waals surface area contributed by atoms with E-state index >= 15 is 0 Å². The largest absolute Gasteiger partial charge is 0.284 e. The Hall–Kier alpha value is -1.83. The molecule has 104 valence electrons. The molecule has 1 aliphatic heterocycles. The fourth-order valence-corrected chi connectivity index (χ4v) is 3.84. The van der Waals surface area contributed by atoms with E-state index in [0.717, 1.165) is 24.9 Å². The first-order chi connectivity index (χ1) is 9.45. The van der Waals surface area contributed by atoms with E-state index in [9.17, 15) is 4.79 Å². The molecule has 0 fully saturated rings. The maximum atomic E-state index is 12.1. The molecule has 0 radical (unpaired) electrons. The molecule has 0 saturated heterocycles. The average Bonchev–Trinajstić information content (AvgIpc) is 2.83. The number of carbonyl (C=O) groups is 1. The number of benzene rings is 1. The number of hydrogen-bond donors (Lipinski definition) is 0. The SMILES string of the molecule is C=C(C)C[C@@]12CCC=C1N(C(C)=O)c1ccc(C)cc12. The molecule has 1 aromatic rings. The van der Waals surface area contributed by atoms with Crippen LogP contribution < -0.4 is 4.90 Å². The van der Waals surface area contributed by atoms with Crippen LogP contribution >= 0.6 is 0 Å². The normalized spacial score (nSPS) is 23.4. The van der Waals surface area contributed by atoms with Crippen molar-refractivity contribution in [2.24, 2.45) is 0 Å². The molecule has 0 aromatic heterocycles. The molecule has 2 aliphatic rings. The molecule has 0 spiro atoms. The van der Waals surface area contributed by atoms with Crippen LogP contribution in [0.3, 0.4) is 0 Å². The van der Waals surface area contributed by atoms with Crippen molar-refractivity contribution in [1.29, 1.82) is 0 Å². The Kier molecular flexibility index (Phi) is 2.86. The summed E-state index contributed by atoms with van der Waals surface area (Å²) >= 11 is 0. The predicted molar refractivity (Wildman–Crippen MR) is 82.8 cm³/mol. The fraction of sp³-hybridized carbons (Fsp3) is 0.389. The van der Waals surface area contributed by atoms with Crippen LogP contribution in [0.1, 0.15) is 44.2 Å². The summed E-state index contributed by atoms with van der Waals surface area (Å²) in [6.45, 7) is 9.96. The van der Waals surface area contributed by atoms with Gasteiger partial charge in [0.05, 0.1) is 5.69 Å². The number of carbonyl (C=O) groups excluding carboxylic acids is 1. The molecule has 1 heterocycles. The summed E-state index contributed by atoms with van der Waals surface area (Å²) in [7, 11) is 0. The third kappa shape index (κ3) is 1.67. The lowest BCUT2D eigenvalue weighted by Crippen LogP contribution is -2.31. The topological polar surface area (TPSA) is 20.3 Å². The second-order valence-electron chi connectivity index (χ2n) is 6.22. The number of allylic oxidation sites excluding steroid dienone is 3. The minimum atomic E-state index is -0.0289. The van der Waals surface area contributed by atoms with Gasteiger partial charge in [-0.2, -0.15) is 0 Å². The monoisotopic (exact) mass is 267 g/mol. The van der Waals surface area contributed by atoms with E-state index in [1.165, 1.54) is 22.4 Å². The van der Waals surface area contributed by atoms with E-state index in [0.29, 0.717) is 0 Å². The van der Waals surface area contributed by atoms with Gasteiger partial charge in [-0.15, -0.1) is 6.58 Å². The molecule has 3 rings (SSSR count). The van der Waals surface area contributed by atoms with Crippen molar-refractivity contribution in [3.8, 4) is 0 Å². The van der Waals surface area contributed by atoms with Crippen molar-refractivity contribution in [1.82, 2.24) is 0 Å². The summed E-state index contributed by atoms with van der Waals surface area (Å²) in [4.78, 5) is 14.0. The highest BCUT2D eigenvalue weighted by Crippen LogP contribution is 2.56. The maximum Gasteiger partial charge on any atom is 0.228 e. The third-order valence-electron chi connectivity index (χ3n) is 4.47. The van der Waals surface area contributed by atoms with Crippen LogP contribution in [-0.4, -0.2) is 5.91 Å². The van der Waals surface area contributed by atoms with Crippen LogP contribution in [-0.2, 0) is 10.2 Å². The van der Waals surface area contributed by atoms with Crippen molar-refractivity contribution in [3.63, 3.8) is 0 Å². The molecule has 0 bridgehead atoms. The van der Waals surface area contributed by atoms with Crippen molar-refractivity contribution in [3.05, 3.63) is 53.3 Å². The van der Waals surface area contributed by atoms with Crippen molar-refractivity contribution in [2.75, 3.05) is 4.90 Å². The van der Waals surface area contributed by atoms with E-state index < -0.39 is 0 Å². The average molecular weight is 267 g/mol. The predicted octanol–water partition coefficient (Wildman–Crippen LogP) is 4.24. The first-order valence-electron chi connectivity index (χ1n) is 7.22. The molecule has 1 aliphatic carbocycles. The zero-order valence-corrected chi connectivity index (χ0v) is 12.5. The standard InChI is InChI=1S/C18H21NO/c1-12(2)11-18-9-5-6-17(18)19(14(4)20)16-8-7-13(3)10-15(16)18/h6-8,10H,1,5,9,11H2,2-4H3/t18-/m1/s1. The molecule has 2 nitrogen and oxygen atoms in total. The lowest BCUT2D eigenvalue weighted by molar-refractivity contribution is -0.116. The number of fused-ring (bicyclic) bond motifs is 3. The lowest BCUT2D eigenvalue weighted by atomic mass is 9.75. The van der Waals surface area contributed by atoms with Gasteiger partial charge >= 0.3 is 0 Å². The van der Waals surface area contributed by atoms with E-state index in [2.05, 4.69) is 44.7 Å². The van der Waals surface area contributed by atoms with E-state index in [-0.39, 0.29) is 11.3 Å². The smallest absolute Gasteiger partial charge is 0.228 e. The van der Waals surface area contributed by atoms with E-state index in [1.807, 2.05) is 4.90 Å². The van der Waals surface area contributed by atoms with Crippen LogP contribution in [0.2, 0.25) is 0 Å². The Morgan fingerprint density at radius 1 is 1.40 bits per heavy atom. The summed E-state index contributed by atoms with van der Waals surface area (Å²) in [5.74, 6) is 0.104. The Balaban J connectivity index is 2.25. The molecule has 20 heavy (non-hydrogen) atoms. The van der Waals surface area contributed by atoms with Gasteiger partial charge in [-0.1, -0.05) is 29.3 Å². The number of amides is 1. The van der Waals surface area contributed by atoms with E-state index in [1.54, 1.807) is 6.92 Å². The molecular weight excluding hydrogens is 246 g/mol. The highest BCUT2D eigenvalue weighted by Gasteiger charge is 2.50. The summed E-state index contributed by atoms with van der Waals surface area (Å²) < 4.78 is 0. The Morgan fingerprint density at radius 3 is 2.80 bits per heavy atom. The summed E-state index contributed by atoms with van der Waals surface area (Å²) in [5, 5.41) is 0. The Labute approximate surface area is 120 Å². The number of rotatable bonds is 2. The number of aryl methyl sites for hydroxylation is 1. The molecule has 2 heteroatoms. The molecule has 1 amide bonds. The second kappa shape index (κ2) is 4.34. The minimum absolute atomic E-state index is 0.0289. The van der Waals surface area contributed by atoms with E-state index in [4.69, 9.17) is 0 Å². The van der Waals surface area contributed by atoms with Gasteiger partial charge < -0.3 is 0 Å². The maximum absolute atomic E-state index is 12.1. The molecule has 0 saturated carbocycles. The minimum Gasteiger partial charge on any atom is -0.284 e. The van der Waals surface area contributed by atoms with Gasteiger partial charge in [-0.25, -0.2) is 0 Å².